The Morgan fingerprint density at radius 3 is 2.75 bits per heavy atom. The largest absolute Gasteiger partial charge is 0.349 e. The summed E-state index contributed by atoms with van der Waals surface area (Å²) in [5.41, 5.74) is 2.13. The molecule has 1 aliphatic heterocycles. The van der Waals surface area contributed by atoms with Gasteiger partial charge in [0.25, 0.3) is 0 Å². The van der Waals surface area contributed by atoms with Crippen LogP contribution >= 0.6 is 0 Å². The quantitative estimate of drug-likeness (QED) is 0.740. The van der Waals surface area contributed by atoms with Gasteiger partial charge in [-0.1, -0.05) is 24.3 Å². The lowest BCUT2D eigenvalue weighted by Crippen LogP contribution is -2.33. The standard InChI is InChI=1S/C21H21FN4O2/c1-2-25-18-10-6-4-8-16(18)24-19(25)12-23-21(28)14-11-20(27)26(13-14)17-9-5-3-7-15(17)22/h3-10,14H,2,11-13H2,1H3,(H,23,28). The molecule has 2 amide bonds. The Bertz CT molecular complexity index is 1050. The molecule has 0 saturated carbocycles. The molecule has 2 heterocycles. The Morgan fingerprint density at radius 1 is 1.21 bits per heavy atom. The van der Waals surface area contributed by atoms with E-state index < -0.39 is 11.7 Å². The molecule has 6 nitrogen and oxygen atoms in total. The number of hydrogen-bond donors (Lipinski definition) is 1. The summed E-state index contributed by atoms with van der Waals surface area (Å²) in [6.07, 6.45) is 0.0738. The minimum Gasteiger partial charge on any atom is -0.349 e. The predicted molar refractivity (Wildman–Crippen MR) is 104 cm³/mol. The first kappa shape index (κ1) is 18.2. The molecule has 4 rings (SSSR count). The number of nitrogens with zero attached hydrogens (tertiary/aromatic N) is 3. The number of aryl methyl sites for hydroxylation is 1. The number of hydrogen-bond acceptors (Lipinski definition) is 3. The van der Waals surface area contributed by atoms with E-state index in [4.69, 9.17) is 0 Å². The molecule has 7 heteroatoms. The molecule has 144 valence electrons. The summed E-state index contributed by atoms with van der Waals surface area (Å²) in [7, 11) is 0. The fourth-order valence-corrected chi connectivity index (χ4v) is 3.71. The van der Waals surface area contributed by atoms with E-state index in [1.165, 1.54) is 11.0 Å². The Hall–Kier alpha value is -3.22. The number of para-hydroxylation sites is 3. The Labute approximate surface area is 162 Å². The number of nitrogens with one attached hydrogen (secondary N) is 1. The third-order valence-electron chi connectivity index (χ3n) is 5.11. The zero-order chi connectivity index (χ0) is 19.7. The molecular formula is C21H21FN4O2. The number of imidazole rings is 1. The Kier molecular flexibility index (Phi) is 4.81. The van der Waals surface area contributed by atoms with Gasteiger partial charge in [0, 0.05) is 19.5 Å². The van der Waals surface area contributed by atoms with E-state index in [-0.39, 0.29) is 37.0 Å². The van der Waals surface area contributed by atoms with Crippen molar-refractivity contribution >= 4 is 28.5 Å². The number of carbonyl (C=O) groups is 2. The number of fused-ring (bicyclic) bond motifs is 1. The predicted octanol–water partition coefficient (Wildman–Crippen LogP) is 2.86. The molecule has 1 N–H and O–H groups in total. The van der Waals surface area contributed by atoms with E-state index in [9.17, 15) is 14.0 Å². The summed E-state index contributed by atoms with van der Waals surface area (Å²) in [6, 6.07) is 13.9. The first-order valence-corrected chi connectivity index (χ1v) is 9.35. The SMILES string of the molecule is CCn1c(CNC(=O)C2CC(=O)N(c3ccccc3F)C2)nc2ccccc21. The normalized spacial score (nSPS) is 16.7. The van der Waals surface area contributed by atoms with Crippen LogP contribution in [0.25, 0.3) is 11.0 Å². The van der Waals surface area contributed by atoms with Gasteiger partial charge < -0.3 is 14.8 Å². The van der Waals surface area contributed by atoms with Crippen LogP contribution in [0.3, 0.4) is 0 Å². The van der Waals surface area contributed by atoms with Crippen LogP contribution in [0, 0.1) is 11.7 Å². The van der Waals surface area contributed by atoms with Crippen molar-refractivity contribution in [2.75, 3.05) is 11.4 Å². The molecule has 1 aliphatic rings. The molecule has 0 spiro atoms. The summed E-state index contributed by atoms with van der Waals surface area (Å²) in [5.74, 6) is -0.666. The fourth-order valence-electron chi connectivity index (χ4n) is 3.71. The van der Waals surface area contributed by atoms with Crippen LogP contribution < -0.4 is 10.2 Å². The number of anilines is 1. The van der Waals surface area contributed by atoms with E-state index in [2.05, 4.69) is 14.9 Å². The smallest absolute Gasteiger partial charge is 0.227 e. The average Bonchev–Trinajstić information content (AvgIpc) is 3.26. The van der Waals surface area contributed by atoms with Gasteiger partial charge in [-0.3, -0.25) is 9.59 Å². The summed E-state index contributed by atoms with van der Waals surface area (Å²) in [4.78, 5) is 30.9. The van der Waals surface area contributed by atoms with Crippen molar-refractivity contribution in [2.45, 2.75) is 26.4 Å². The minimum absolute atomic E-state index is 0.0738. The molecule has 1 atom stereocenters. The molecule has 28 heavy (non-hydrogen) atoms. The first-order chi connectivity index (χ1) is 13.6. The van der Waals surface area contributed by atoms with Crippen molar-refractivity contribution in [3.05, 3.63) is 60.2 Å². The van der Waals surface area contributed by atoms with Crippen LogP contribution in [-0.2, 0) is 22.7 Å². The zero-order valence-electron chi connectivity index (χ0n) is 15.6. The lowest BCUT2D eigenvalue weighted by molar-refractivity contribution is -0.126. The van der Waals surface area contributed by atoms with Crippen LogP contribution in [0.1, 0.15) is 19.2 Å². The highest BCUT2D eigenvalue weighted by molar-refractivity contribution is 6.00. The molecule has 3 aromatic rings. The molecule has 1 aromatic heterocycles. The Morgan fingerprint density at radius 2 is 1.96 bits per heavy atom. The summed E-state index contributed by atoms with van der Waals surface area (Å²) in [5, 5.41) is 2.89. The number of rotatable bonds is 5. The molecule has 1 fully saturated rings. The second-order valence-corrected chi connectivity index (χ2v) is 6.84. The van der Waals surface area contributed by atoms with Crippen molar-refractivity contribution in [3.63, 3.8) is 0 Å². The van der Waals surface area contributed by atoms with Gasteiger partial charge in [0.15, 0.2) is 0 Å². The second kappa shape index (κ2) is 7.42. The van der Waals surface area contributed by atoms with Gasteiger partial charge in [-0.2, -0.15) is 0 Å². The average molecular weight is 380 g/mol. The highest BCUT2D eigenvalue weighted by Crippen LogP contribution is 2.27. The lowest BCUT2D eigenvalue weighted by atomic mass is 10.1. The van der Waals surface area contributed by atoms with E-state index in [1.54, 1.807) is 18.2 Å². The fraction of sp³-hybridized carbons (Fsp3) is 0.286. The van der Waals surface area contributed by atoms with Crippen LogP contribution in [0.2, 0.25) is 0 Å². The molecule has 1 saturated heterocycles. The first-order valence-electron chi connectivity index (χ1n) is 9.35. The number of aromatic nitrogens is 2. The van der Waals surface area contributed by atoms with Crippen molar-refractivity contribution in [1.82, 2.24) is 14.9 Å². The molecule has 0 bridgehead atoms. The highest BCUT2D eigenvalue weighted by Gasteiger charge is 2.36. The summed E-state index contributed by atoms with van der Waals surface area (Å²) >= 11 is 0. The monoisotopic (exact) mass is 380 g/mol. The summed E-state index contributed by atoms with van der Waals surface area (Å²) < 4.78 is 16.0. The Balaban J connectivity index is 1.45. The molecule has 1 unspecified atom stereocenters. The third kappa shape index (κ3) is 3.24. The minimum atomic E-state index is -0.508. The van der Waals surface area contributed by atoms with Gasteiger partial charge in [0.05, 0.1) is 29.2 Å². The number of halogens is 1. The second-order valence-electron chi connectivity index (χ2n) is 6.84. The maximum Gasteiger partial charge on any atom is 0.227 e. The van der Waals surface area contributed by atoms with Crippen molar-refractivity contribution in [1.29, 1.82) is 0 Å². The van der Waals surface area contributed by atoms with E-state index in [1.807, 2.05) is 31.2 Å². The van der Waals surface area contributed by atoms with Gasteiger partial charge in [-0.05, 0) is 31.2 Å². The van der Waals surface area contributed by atoms with Crippen LogP contribution in [-0.4, -0.2) is 27.9 Å². The maximum absolute atomic E-state index is 14.0. The number of carbonyl (C=O) groups excluding carboxylic acids is 2. The van der Waals surface area contributed by atoms with Gasteiger partial charge >= 0.3 is 0 Å². The topological polar surface area (TPSA) is 67.2 Å². The van der Waals surface area contributed by atoms with E-state index >= 15 is 0 Å². The van der Waals surface area contributed by atoms with Crippen LogP contribution in [0.4, 0.5) is 10.1 Å². The summed E-state index contributed by atoms with van der Waals surface area (Å²) in [6.45, 7) is 3.23. The molecule has 0 aliphatic carbocycles. The van der Waals surface area contributed by atoms with Gasteiger partial charge in [-0.25, -0.2) is 9.37 Å². The van der Waals surface area contributed by atoms with E-state index in [0.717, 1.165) is 23.4 Å². The highest BCUT2D eigenvalue weighted by atomic mass is 19.1. The van der Waals surface area contributed by atoms with Crippen molar-refractivity contribution in [2.24, 2.45) is 5.92 Å². The van der Waals surface area contributed by atoms with Gasteiger partial charge in [-0.15, -0.1) is 0 Å². The zero-order valence-corrected chi connectivity index (χ0v) is 15.6. The van der Waals surface area contributed by atoms with Crippen molar-refractivity contribution < 1.29 is 14.0 Å². The molecule has 0 radical (unpaired) electrons. The number of amides is 2. The van der Waals surface area contributed by atoms with Gasteiger partial charge in [0.1, 0.15) is 11.6 Å². The molecular weight excluding hydrogens is 359 g/mol. The number of benzene rings is 2. The van der Waals surface area contributed by atoms with Crippen LogP contribution in [0.15, 0.2) is 48.5 Å². The van der Waals surface area contributed by atoms with Gasteiger partial charge in [0.2, 0.25) is 11.8 Å². The lowest BCUT2D eigenvalue weighted by Gasteiger charge is -2.17. The van der Waals surface area contributed by atoms with Crippen LogP contribution in [0.5, 0.6) is 0 Å². The van der Waals surface area contributed by atoms with Crippen molar-refractivity contribution in [3.8, 4) is 0 Å². The molecule has 2 aromatic carbocycles. The van der Waals surface area contributed by atoms with E-state index in [0.29, 0.717) is 0 Å². The third-order valence-corrected chi connectivity index (χ3v) is 5.11. The maximum atomic E-state index is 14.0.